The molecule has 4 rings (SSSR count). The van der Waals surface area contributed by atoms with E-state index < -0.39 is 0 Å². The van der Waals surface area contributed by atoms with Crippen molar-refractivity contribution >= 4 is 34.5 Å². The lowest BCUT2D eigenvalue weighted by Crippen LogP contribution is -2.11. The van der Waals surface area contributed by atoms with Gasteiger partial charge < -0.3 is 10.3 Å². The molecule has 6 nitrogen and oxygen atoms in total. The van der Waals surface area contributed by atoms with Gasteiger partial charge >= 0.3 is 0 Å². The Hall–Kier alpha value is -4.06. The summed E-state index contributed by atoms with van der Waals surface area (Å²) in [4.78, 5) is 36.1. The van der Waals surface area contributed by atoms with Gasteiger partial charge in [-0.25, -0.2) is 4.98 Å². The monoisotopic (exact) mass is 382 g/mol. The van der Waals surface area contributed by atoms with Gasteiger partial charge in [-0.05, 0) is 54.5 Å². The summed E-state index contributed by atoms with van der Waals surface area (Å²) in [6, 6.07) is 16.3. The smallest absolute Gasteiger partial charge is 0.255 e. The molecule has 0 radical (unpaired) electrons. The van der Waals surface area contributed by atoms with Gasteiger partial charge in [-0.3, -0.25) is 14.6 Å². The number of allylic oxidation sites excluding steroid dienone is 1. The van der Waals surface area contributed by atoms with Crippen LogP contribution in [0, 0.1) is 6.92 Å². The molecule has 0 spiro atoms. The van der Waals surface area contributed by atoms with Crippen LogP contribution >= 0.6 is 0 Å². The SMILES string of the molecule is Cc1cccc2nc(C(=O)C=Cc3ccc(C(=O)Nc4cccnc4)cc3)[nH]c12. The first kappa shape index (κ1) is 18.3. The molecule has 1 amide bonds. The van der Waals surface area contributed by atoms with Crippen molar-refractivity contribution < 1.29 is 9.59 Å². The highest BCUT2D eigenvalue weighted by Crippen LogP contribution is 2.16. The maximum Gasteiger partial charge on any atom is 0.255 e. The van der Waals surface area contributed by atoms with Gasteiger partial charge in [-0.1, -0.05) is 30.3 Å². The number of amides is 1. The molecular weight excluding hydrogens is 364 g/mol. The lowest BCUT2D eigenvalue weighted by atomic mass is 10.1. The fraction of sp³-hybridized carbons (Fsp3) is 0.0435. The van der Waals surface area contributed by atoms with Gasteiger partial charge in [0.15, 0.2) is 5.82 Å². The van der Waals surface area contributed by atoms with Crippen molar-refractivity contribution in [3.63, 3.8) is 0 Å². The van der Waals surface area contributed by atoms with E-state index in [2.05, 4.69) is 20.3 Å². The number of H-pyrrole nitrogens is 1. The first-order chi connectivity index (χ1) is 14.1. The number of rotatable bonds is 5. The molecule has 0 aliphatic rings. The number of carbonyl (C=O) groups is 2. The van der Waals surface area contributed by atoms with Crippen LogP contribution in [0.2, 0.25) is 0 Å². The molecule has 2 aromatic heterocycles. The number of hydrogen-bond acceptors (Lipinski definition) is 4. The van der Waals surface area contributed by atoms with Crippen molar-refractivity contribution in [2.45, 2.75) is 6.92 Å². The number of pyridine rings is 1. The molecule has 142 valence electrons. The third kappa shape index (κ3) is 4.11. The lowest BCUT2D eigenvalue weighted by Gasteiger charge is -2.04. The Balaban J connectivity index is 1.45. The highest BCUT2D eigenvalue weighted by atomic mass is 16.1. The van der Waals surface area contributed by atoms with Gasteiger partial charge in [0.2, 0.25) is 5.78 Å². The number of para-hydroxylation sites is 1. The third-order valence-electron chi connectivity index (χ3n) is 4.48. The summed E-state index contributed by atoms with van der Waals surface area (Å²) >= 11 is 0. The topological polar surface area (TPSA) is 87.7 Å². The van der Waals surface area contributed by atoms with E-state index in [-0.39, 0.29) is 11.7 Å². The van der Waals surface area contributed by atoms with Crippen LogP contribution in [-0.4, -0.2) is 26.6 Å². The molecule has 0 saturated heterocycles. The summed E-state index contributed by atoms with van der Waals surface area (Å²) < 4.78 is 0. The zero-order chi connectivity index (χ0) is 20.2. The Labute approximate surface area is 167 Å². The molecule has 6 heteroatoms. The fourth-order valence-electron chi connectivity index (χ4n) is 2.93. The quantitative estimate of drug-likeness (QED) is 0.395. The van der Waals surface area contributed by atoms with Crippen LogP contribution < -0.4 is 5.32 Å². The standard InChI is InChI=1S/C23H18N4O2/c1-15-4-2-6-19-21(15)27-22(26-19)20(28)12-9-16-7-10-17(11-8-16)23(29)25-18-5-3-13-24-14-18/h2-14H,1H3,(H,25,29)(H,26,27). The van der Waals surface area contributed by atoms with Gasteiger partial charge in [0.25, 0.3) is 5.91 Å². The summed E-state index contributed by atoms with van der Waals surface area (Å²) in [6.45, 7) is 1.97. The first-order valence-corrected chi connectivity index (χ1v) is 9.09. The van der Waals surface area contributed by atoms with E-state index in [1.54, 1.807) is 54.9 Å². The predicted octanol–water partition coefficient (Wildman–Crippen LogP) is 4.41. The molecule has 2 heterocycles. The molecule has 0 aliphatic carbocycles. The van der Waals surface area contributed by atoms with Crippen molar-refractivity contribution in [2.24, 2.45) is 0 Å². The molecule has 0 fully saturated rings. The number of imidazole rings is 1. The average Bonchev–Trinajstić information content (AvgIpc) is 3.19. The summed E-state index contributed by atoms with van der Waals surface area (Å²) in [5.41, 5.74) is 4.64. The summed E-state index contributed by atoms with van der Waals surface area (Å²) in [5, 5.41) is 2.78. The second-order valence-corrected chi connectivity index (χ2v) is 6.57. The zero-order valence-electron chi connectivity index (χ0n) is 15.7. The van der Waals surface area contributed by atoms with Crippen LogP contribution in [0.4, 0.5) is 5.69 Å². The van der Waals surface area contributed by atoms with Crippen molar-refractivity contribution in [3.05, 3.63) is 95.6 Å². The number of fused-ring (bicyclic) bond motifs is 1. The Bertz CT molecular complexity index is 1210. The maximum absolute atomic E-state index is 12.4. The lowest BCUT2D eigenvalue weighted by molar-refractivity contribution is 0.102. The van der Waals surface area contributed by atoms with Crippen LogP contribution in [0.15, 0.2) is 73.1 Å². The molecule has 0 atom stereocenters. The molecule has 0 bridgehead atoms. The normalized spacial score (nSPS) is 11.1. The average molecular weight is 382 g/mol. The fourth-order valence-corrected chi connectivity index (χ4v) is 2.93. The van der Waals surface area contributed by atoms with E-state index in [0.29, 0.717) is 17.1 Å². The van der Waals surface area contributed by atoms with Crippen molar-refractivity contribution in [1.82, 2.24) is 15.0 Å². The number of ketones is 1. The minimum absolute atomic E-state index is 0.209. The number of aromatic nitrogens is 3. The van der Waals surface area contributed by atoms with Gasteiger partial charge in [0, 0.05) is 11.8 Å². The van der Waals surface area contributed by atoms with Crippen LogP contribution in [0.5, 0.6) is 0 Å². The summed E-state index contributed by atoms with van der Waals surface area (Å²) in [5.74, 6) is -0.126. The van der Waals surface area contributed by atoms with Gasteiger partial charge in [-0.2, -0.15) is 0 Å². The minimum Gasteiger partial charge on any atom is -0.335 e. The molecule has 0 aliphatic heterocycles. The molecule has 4 aromatic rings. The summed E-state index contributed by atoms with van der Waals surface area (Å²) in [7, 11) is 0. The number of aryl methyl sites for hydroxylation is 1. The molecule has 2 N–H and O–H groups in total. The van der Waals surface area contributed by atoms with Crippen molar-refractivity contribution in [1.29, 1.82) is 0 Å². The number of nitrogens with zero attached hydrogens (tertiary/aromatic N) is 2. The molecule has 0 unspecified atom stereocenters. The van der Waals surface area contributed by atoms with E-state index in [0.717, 1.165) is 22.2 Å². The predicted molar refractivity (Wildman–Crippen MR) is 113 cm³/mol. The molecule has 0 saturated carbocycles. The van der Waals surface area contributed by atoms with Crippen molar-refractivity contribution in [2.75, 3.05) is 5.32 Å². The summed E-state index contributed by atoms with van der Waals surface area (Å²) in [6.07, 6.45) is 6.40. The number of benzene rings is 2. The number of hydrogen-bond donors (Lipinski definition) is 2. The number of anilines is 1. The van der Waals surface area contributed by atoms with Gasteiger partial charge in [0.1, 0.15) is 0 Å². The van der Waals surface area contributed by atoms with E-state index in [1.807, 2.05) is 25.1 Å². The van der Waals surface area contributed by atoms with E-state index >= 15 is 0 Å². The van der Waals surface area contributed by atoms with E-state index in [4.69, 9.17) is 0 Å². The van der Waals surface area contributed by atoms with Gasteiger partial charge in [0.05, 0.1) is 22.9 Å². The zero-order valence-corrected chi connectivity index (χ0v) is 15.7. The third-order valence-corrected chi connectivity index (χ3v) is 4.48. The van der Waals surface area contributed by atoms with Crippen LogP contribution in [0.1, 0.15) is 32.1 Å². The first-order valence-electron chi connectivity index (χ1n) is 9.09. The highest BCUT2D eigenvalue weighted by Gasteiger charge is 2.10. The molecule has 2 aromatic carbocycles. The van der Waals surface area contributed by atoms with Crippen LogP contribution in [-0.2, 0) is 0 Å². The van der Waals surface area contributed by atoms with Crippen molar-refractivity contribution in [3.8, 4) is 0 Å². The Morgan fingerprint density at radius 3 is 2.59 bits per heavy atom. The maximum atomic E-state index is 12.4. The second-order valence-electron chi connectivity index (χ2n) is 6.57. The van der Waals surface area contributed by atoms with E-state index in [9.17, 15) is 9.59 Å². The Morgan fingerprint density at radius 2 is 1.86 bits per heavy atom. The number of aromatic amines is 1. The highest BCUT2D eigenvalue weighted by molar-refractivity contribution is 6.06. The Morgan fingerprint density at radius 1 is 1.03 bits per heavy atom. The van der Waals surface area contributed by atoms with Gasteiger partial charge in [-0.15, -0.1) is 0 Å². The molecular formula is C23H18N4O2. The minimum atomic E-state index is -0.220. The number of nitrogens with one attached hydrogen (secondary N) is 2. The largest absolute Gasteiger partial charge is 0.335 e. The van der Waals surface area contributed by atoms with Crippen LogP contribution in [0.3, 0.4) is 0 Å². The second kappa shape index (κ2) is 7.90. The van der Waals surface area contributed by atoms with E-state index in [1.165, 1.54) is 6.08 Å². The Kier molecular flexibility index (Phi) is 4.99. The number of carbonyl (C=O) groups excluding carboxylic acids is 2. The van der Waals surface area contributed by atoms with Crippen LogP contribution in [0.25, 0.3) is 17.1 Å². The molecule has 29 heavy (non-hydrogen) atoms.